The van der Waals surface area contributed by atoms with Crippen molar-refractivity contribution in [1.82, 2.24) is 0 Å². The van der Waals surface area contributed by atoms with Gasteiger partial charge in [0.1, 0.15) is 0 Å². The van der Waals surface area contributed by atoms with Crippen LogP contribution < -0.4 is 5.32 Å². The van der Waals surface area contributed by atoms with Crippen molar-refractivity contribution in [1.29, 1.82) is 0 Å². The summed E-state index contributed by atoms with van der Waals surface area (Å²) in [6.45, 7) is 6.35. The summed E-state index contributed by atoms with van der Waals surface area (Å²) < 4.78 is 0. The van der Waals surface area contributed by atoms with Gasteiger partial charge < -0.3 is 5.32 Å². The first-order chi connectivity index (χ1) is 9.56. The standard InChI is InChI=1S/C17H19NOS/c1-12(2)14-4-6-15(7-5-14)18-17(19)9-8-16-13(3)10-11-20-16/h4-12H,1-3H3,(H,18,19). The molecule has 1 aromatic heterocycles. The van der Waals surface area contributed by atoms with E-state index in [1.54, 1.807) is 17.4 Å². The third-order valence-corrected chi connectivity index (χ3v) is 4.12. The number of benzene rings is 1. The second-order valence-electron chi connectivity index (χ2n) is 5.07. The Balaban J connectivity index is 1.98. The van der Waals surface area contributed by atoms with Crippen molar-refractivity contribution in [3.63, 3.8) is 0 Å². The Morgan fingerprint density at radius 2 is 1.90 bits per heavy atom. The van der Waals surface area contributed by atoms with Gasteiger partial charge in [-0.1, -0.05) is 26.0 Å². The molecule has 0 aliphatic rings. The summed E-state index contributed by atoms with van der Waals surface area (Å²) in [4.78, 5) is 13.0. The third-order valence-electron chi connectivity index (χ3n) is 3.13. The molecule has 1 heterocycles. The zero-order valence-corrected chi connectivity index (χ0v) is 12.8. The van der Waals surface area contributed by atoms with Gasteiger partial charge in [-0.25, -0.2) is 0 Å². The van der Waals surface area contributed by atoms with E-state index < -0.39 is 0 Å². The van der Waals surface area contributed by atoms with Gasteiger partial charge in [-0.15, -0.1) is 11.3 Å². The number of hydrogen-bond donors (Lipinski definition) is 1. The highest BCUT2D eigenvalue weighted by molar-refractivity contribution is 7.11. The number of thiophene rings is 1. The number of anilines is 1. The minimum absolute atomic E-state index is 0.102. The summed E-state index contributed by atoms with van der Waals surface area (Å²) in [7, 11) is 0. The third kappa shape index (κ3) is 3.81. The van der Waals surface area contributed by atoms with Crippen LogP contribution in [0.3, 0.4) is 0 Å². The molecule has 0 bridgehead atoms. The fraction of sp³-hybridized carbons (Fsp3) is 0.235. The van der Waals surface area contributed by atoms with Crippen LogP contribution in [0.5, 0.6) is 0 Å². The van der Waals surface area contributed by atoms with E-state index in [-0.39, 0.29) is 5.91 Å². The fourth-order valence-corrected chi connectivity index (χ4v) is 2.66. The lowest BCUT2D eigenvalue weighted by Crippen LogP contribution is -2.07. The number of rotatable bonds is 4. The Bertz CT molecular complexity index is 608. The van der Waals surface area contributed by atoms with Gasteiger partial charge in [0.05, 0.1) is 0 Å². The number of nitrogens with one attached hydrogen (secondary N) is 1. The Morgan fingerprint density at radius 3 is 2.45 bits per heavy atom. The van der Waals surface area contributed by atoms with Crippen molar-refractivity contribution in [3.8, 4) is 0 Å². The van der Waals surface area contributed by atoms with Crippen molar-refractivity contribution in [2.75, 3.05) is 5.32 Å². The topological polar surface area (TPSA) is 29.1 Å². The molecule has 0 aliphatic carbocycles. The maximum atomic E-state index is 11.8. The van der Waals surface area contributed by atoms with E-state index in [1.807, 2.05) is 48.7 Å². The van der Waals surface area contributed by atoms with E-state index in [0.29, 0.717) is 5.92 Å². The summed E-state index contributed by atoms with van der Waals surface area (Å²) >= 11 is 1.64. The van der Waals surface area contributed by atoms with Crippen molar-refractivity contribution >= 4 is 29.0 Å². The lowest BCUT2D eigenvalue weighted by molar-refractivity contribution is -0.111. The molecule has 3 heteroatoms. The molecule has 2 rings (SSSR count). The highest BCUT2D eigenvalue weighted by Gasteiger charge is 2.01. The number of amides is 1. The van der Waals surface area contributed by atoms with Gasteiger partial charge in [0, 0.05) is 16.6 Å². The lowest BCUT2D eigenvalue weighted by Gasteiger charge is -2.07. The number of hydrogen-bond acceptors (Lipinski definition) is 2. The molecule has 0 fully saturated rings. The van der Waals surface area contributed by atoms with E-state index in [1.165, 1.54) is 11.1 Å². The molecular formula is C17H19NOS. The average molecular weight is 285 g/mol. The Hall–Kier alpha value is -1.87. The van der Waals surface area contributed by atoms with Gasteiger partial charge in [0.15, 0.2) is 0 Å². The van der Waals surface area contributed by atoms with Gasteiger partial charge in [-0.2, -0.15) is 0 Å². The molecule has 0 saturated heterocycles. The van der Waals surface area contributed by atoms with Gasteiger partial charge in [-0.05, 0) is 53.6 Å². The first-order valence-electron chi connectivity index (χ1n) is 6.69. The molecule has 0 aliphatic heterocycles. The number of aryl methyl sites for hydroxylation is 1. The second kappa shape index (κ2) is 6.53. The van der Waals surface area contributed by atoms with Crippen molar-refractivity contribution in [3.05, 3.63) is 57.8 Å². The van der Waals surface area contributed by atoms with Crippen LogP contribution in [0, 0.1) is 6.92 Å². The van der Waals surface area contributed by atoms with Crippen LogP contribution in [-0.4, -0.2) is 5.91 Å². The van der Waals surface area contributed by atoms with Gasteiger partial charge in [0.25, 0.3) is 0 Å². The maximum absolute atomic E-state index is 11.8. The molecule has 20 heavy (non-hydrogen) atoms. The Labute approximate surface area is 124 Å². The molecule has 1 aromatic carbocycles. The second-order valence-corrected chi connectivity index (χ2v) is 6.01. The first kappa shape index (κ1) is 14.5. The van der Waals surface area contributed by atoms with E-state index in [4.69, 9.17) is 0 Å². The highest BCUT2D eigenvalue weighted by Crippen LogP contribution is 2.18. The molecule has 0 radical (unpaired) electrons. The fourth-order valence-electron chi connectivity index (χ4n) is 1.84. The zero-order valence-electron chi connectivity index (χ0n) is 12.0. The Kier molecular flexibility index (Phi) is 4.74. The summed E-state index contributed by atoms with van der Waals surface area (Å²) in [5.41, 5.74) is 3.29. The predicted octanol–water partition coefficient (Wildman–Crippen LogP) is 4.83. The average Bonchev–Trinajstić information content (AvgIpc) is 2.82. The molecule has 0 saturated carbocycles. The van der Waals surface area contributed by atoms with E-state index in [0.717, 1.165) is 10.6 Å². The normalized spacial score (nSPS) is 11.2. The zero-order chi connectivity index (χ0) is 14.5. The molecule has 2 nitrogen and oxygen atoms in total. The molecule has 1 N–H and O–H groups in total. The van der Waals surface area contributed by atoms with Crippen molar-refractivity contribution in [2.24, 2.45) is 0 Å². The minimum Gasteiger partial charge on any atom is -0.323 e. The SMILES string of the molecule is Cc1ccsc1C=CC(=O)Nc1ccc(C(C)C)cc1. The molecule has 104 valence electrons. The predicted molar refractivity (Wildman–Crippen MR) is 87.3 cm³/mol. The Morgan fingerprint density at radius 1 is 1.20 bits per heavy atom. The molecule has 0 atom stereocenters. The highest BCUT2D eigenvalue weighted by atomic mass is 32.1. The van der Waals surface area contributed by atoms with Gasteiger partial charge in [0.2, 0.25) is 5.91 Å². The summed E-state index contributed by atoms with van der Waals surface area (Å²) in [5.74, 6) is 0.400. The summed E-state index contributed by atoms with van der Waals surface area (Å²) in [5, 5.41) is 4.89. The molecule has 0 spiro atoms. The number of carbonyl (C=O) groups is 1. The van der Waals surface area contributed by atoms with Crippen molar-refractivity contribution in [2.45, 2.75) is 26.7 Å². The van der Waals surface area contributed by atoms with Crippen LogP contribution >= 0.6 is 11.3 Å². The summed E-state index contributed by atoms with van der Waals surface area (Å²) in [6, 6.07) is 10.0. The van der Waals surface area contributed by atoms with Crippen molar-refractivity contribution < 1.29 is 4.79 Å². The molecule has 0 unspecified atom stereocenters. The first-order valence-corrected chi connectivity index (χ1v) is 7.57. The number of carbonyl (C=O) groups excluding carboxylic acids is 1. The van der Waals surface area contributed by atoms with E-state index in [2.05, 4.69) is 19.2 Å². The van der Waals surface area contributed by atoms with Crippen LogP contribution in [0.4, 0.5) is 5.69 Å². The summed E-state index contributed by atoms with van der Waals surface area (Å²) in [6.07, 6.45) is 3.44. The van der Waals surface area contributed by atoms with Crippen LogP contribution in [-0.2, 0) is 4.79 Å². The van der Waals surface area contributed by atoms with Gasteiger partial charge >= 0.3 is 0 Å². The smallest absolute Gasteiger partial charge is 0.248 e. The van der Waals surface area contributed by atoms with Crippen LogP contribution in [0.1, 0.15) is 35.8 Å². The van der Waals surface area contributed by atoms with E-state index in [9.17, 15) is 4.79 Å². The maximum Gasteiger partial charge on any atom is 0.248 e. The molecule has 1 amide bonds. The van der Waals surface area contributed by atoms with Crippen LogP contribution in [0.25, 0.3) is 6.08 Å². The van der Waals surface area contributed by atoms with Gasteiger partial charge in [-0.3, -0.25) is 4.79 Å². The lowest BCUT2D eigenvalue weighted by atomic mass is 10.0. The monoisotopic (exact) mass is 285 g/mol. The quantitative estimate of drug-likeness (QED) is 0.801. The van der Waals surface area contributed by atoms with E-state index >= 15 is 0 Å². The minimum atomic E-state index is -0.102. The van der Waals surface area contributed by atoms with Crippen LogP contribution in [0.15, 0.2) is 41.8 Å². The molecular weight excluding hydrogens is 266 g/mol. The largest absolute Gasteiger partial charge is 0.323 e. The molecule has 2 aromatic rings. The van der Waals surface area contributed by atoms with Crippen LogP contribution in [0.2, 0.25) is 0 Å².